The molecule has 2 amide bonds. The van der Waals surface area contributed by atoms with Crippen LogP contribution in [0.5, 0.6) is 5.75 Å². The number of nitrogens with zero attached hydrogens (tertiary/aromatic N) is 2. The highest BCUT2D eigenvalue weighted by atomic mass is 35.5. The Labute approximate surface area is 233 Å². The van der Waals surface area contributed by atoms with E-state index in [0.717, 1.165) is 9.87 Å². The van der Waals surface area contributed by atoms with Crippen LogP contribution in [0, 0.1) is 13.8 Å². The first-order chi connectivity index (χ1) is 18.5. The maximum atomic E-state index is 13.5. The smallest absolute Gasteiger partial charge is 0.264 e. The van der Waals surface area contributed by atoms with Crippen LogP contribution in [0.15, 0.2) is 76.7 Å². The topological polar surface area (TPSA) is 117 Å². The summed E-state index contributed by atoms with van der Waals surface area (Å²) >= 11 is 6.07. The van der Waals surface area contributed by atoms with Gasteiger partial charge in [-0.1, -0.05) is 29.3 Å². The predicted molar refractivity (Wildman–Crippen MR) is 153 cm³/mol. The summed E-state index contributed by atoms with van der Waals surface area (Å²) < 4.78 is 33.5. The van der Waals surface area contributed by atoms with Gasteiger partial charge in [0.25, 0.3) is 21.8 Å². The summed E-state index contributed by atoms with van der Waals surface area (Å²) in [5, 5.41) is 7.15. The number of hydrogen-bond donors (Lipinski definition) is 2. The van der Waals surface area contributed by atoms with Crippen molar-refractivity contribution in [1.82, 2.24) is 10.7 Å². The molecule has 0 saturated carbocycles. The molecule has 39 heavy (non-hydrogen) atoms. The third kappa shape index (κ3) is 8.56. The number of nitrogens with one attached hydrogen (secondary N) is 2. The molecule has 3 aromatic carbocycles. The molecule has 0 bridgehead atoms. The van der Waals surface area contributed by atoms with Crippen molar-refractivity contribution in [3.63, 3.8) is 0 Å². The Balaban J connectivity index is 1.69. The first kappa shape index (κ1) is 29.7. The van der Waals surface area contributed by atoms with E-state index in [4.69, 9.17) is 16.3 Å². The number of amides is 2. The minimum absolute atomic E-state index is 0.0277. The van der Waals surface area contributed by atoms with E-state index in [1.165, 1.54) is 18.3 Å². The van der Waals surface area contributed by atoms with Gasteiger partial charge in [-0.15, -0.1) is 0 Å². The summed E-state index contributed by atoms with van der Waals surface area (Å²) in [6.45, 7) is 6.71. The zero-order valence-electron chi connectivity index (χ0n) is 22.1. The molecule has 0 spiro atoms. The normalized spacial score (nSPS) is 11.4. The second-order valence-corrected chi connectivity index (χ2v) is 11.4. The maximum absolute atomic E-state index is 13.5. The van der Waals surface area contributed by atoms with Crippen molar-refractivity contribution in [2.24, 2.45) is 5.10 Å². The molecule has 0 heterocycles. The highest BCUT2D eigenvalue weighted by Gasteiger charge is 2.28. The number of hydrogen-bond acceptors (Lipinski definition) is 6. The molecule has 0 aromatic heterocycles. The zero-order valence-corrected chi connectivity index (χ0v) is 23.7. The zero-order chi connectivity index (χ0) is 28.6. The number of hydrazone groups is 1. The largest absolute Gasteiger partial charge is 0.484 e. The van der Waals surface area contributed by atoms with Gasteiger partial charge in [0.15, 0.2) is 6.61 Å². The van der Waals surface area contributed by atoms with E-state index in [1.807, 2.05) is 20.8 Å². The second-order valence-electron chi connectivity index (χ2n) is 9.13. The van der Waals surface area contributed by atoms with Gasteiger partial charge >= 0.3 is 0 Å². The molecular formula is C28H31ClN4O5S. The van der Waals surface area contributed by atoms with Crippen LogP contribution in [-0.4, -0.2) is 45.6 Å². The first-order valence-corrected chi connectivity index (χ1v) is 14.0. The van der Waals surface area contributed by atoms with Crippen molar-refractivity contribution in [2.45, 2.75) is 38.6 Å². The number of aryl methyl sites for hydroxylation is 2. The van der Waals surface area contributed by atoms with E-state index in [2.05, 4.69) is 15.8 Å². The highest BCUT2D eigenvalue weighted by Crippen LogP contribution is 2.29. The van der Waals surface area contributed by atoms with Crippen LogP contribution in [0.4, 0.5) is 5.69 Å². The van der Waals surface area contributed by atoms with Crippen LogP contribution in [0.2, 0.25) is 5.02 Å². The lowest BCUT2D eigenvalue weighted by molar-refractivity contribution is -0.123. The van der Waals surface area contributed by atoms with Crippen LogP contribution < -0.4 is 19.8 Å². The quantitative estimate of drug-likeness (QED) is 0.265. The fourth-order valence-corrected chi connectivity index (χ4v) is 5.26. The Bertz CT molecular complexity index is 1440. The van der Waals surface area contributed by atoms with Gasteiger partial charge < -0.3 is 10.1 Å². The molecule has 206 valence electrons. The van der Waals surface area contributed by atoms with Crippen molar-refractivity contribution >= 4 is 45.3 Å². The molecule has 9 nitrogen and oxygen atoms in total. The first-order valence-electron chi connectivity index (χ1n) is 12.2. The van der Waals surface area contributed by atoms with Gasteiger partial charge in [0.1, 0.15) is 12.3 Å². The molecule has 2 N–H and O–H groups in total. The number of carbonyl (C=O) groups is 2. The summed E-state index contributed by atoms with van der Waals surface area (Å²) in [5.74, 6) is -0.344. The number of benzene rings is 3. The molecule has 11 heteroatoms. The van der Waals surface area contributed by atoms with E-state index in [1.54, 1.807) is 61.5 Å². The summed E-state index contributed by atoms with van der Waals surface area (Å²) in [6, 6.07) is 17.9. The number of sulfonamides is 1. The number of anilines is 1. The Morgan fingerprint density at radius 3 is 2.28 bits per heavy atom. The van der Waals surface area contributed by atoms with Crippen molar-refractivity contribution in [3.8, 4) is 5.75 Å². The number of halogens is 1. The van der Waals surface area contributed by atoms with Gasteiger partial charge in [-0.2, -0.15) is 5.10 Å². The van der Waals surface area contributed by atoms with Crippen LogP contribution in [0.1, 0.15) is 30.5 Å². The number of ether oxygens (including phenoxy) is 1. The maximum Gasteiger partial charge on any atom is 0.264 e. The van der Waals surface area contributed by atoms with Gasteiger partial charge in [-0.25, -0.2) is 13.8 Å². The Morgan fingerprint density at radius 1 is 1.00 bits per heavy atom. The summed E-state index contributed by atoms with van der Waals surface area (Å²) in [5.41, 5.74) is 4.88. The lowest BCUT2D eigenvalue weighted by atomic mass is 10.2. The number of rotatable bonds is 11. The molecule has 0 aliphatic rings. The lowest BCUT2D eigenvalue weighted by Crippen LogP contribution is -2.40. The van der Waals surface area contributed by atoms with Gasteiger partial charge in [-0.3, -0.25) is 13.9 Å². The van der Waals surface area contributed by atoms with E-state index in [9.17, 15) is 18.0 Å². The molecule has 0 aliphatic heterocycles. The van der Waals surface area contributed by atoms with Crippen LogP contribution in [-0.2, 0) is 19.6 Å². The Morgan fingerprint density at radius 2 is 1.67 bits per heavy atom. The standard InChI is InChI=1S/C28H31ClN4O5S/c1-19(2)31-28(35)18-38-24-10-7-22(8-11-24)16-30-32-27(34)17-33(26-14-9-23(29)15-21(26)4)39(36,37)25-12-5-20(3)6-13-25/h5-16,19H,17-18H2,1-4H3,(H,31,35)(H,32,34)/b30-16-. The Hall–Kier alpha value is -3.89. The summed E-state index contributed by atoms with van der Waals surface area (Å²) in [6.07, 6.45) is 1.42. The second kappa shape index (κ2) is 13.3. The van der Waals surface area contributed by atoms with E-state index >= 15 is 0 Å². The third-order valence-electron chi connectivity index (χ3n) is 5.43. The molecule has 0 atom stereocenters. The molecular weight excluding hydrogens is 540 g/mol. The predicted octanol–water partition coefficient (Wildman–Crippen LogP) is 4.21. The van der Waals surface area contributed by atoms with Crippen molar-refractivity contribution in [3.05, 3.63) is 88.4 Å². The summed E-state index contributed by atoms with van der Waals surface area (Å²) in [4.78, 5) is 24.6. The third-order valence-corrected chi connectivity index (χ3v) is 7.44. The molecule has 3 aromatic rings. The minimum Gasteiger partial charge on any atom is -0.484 e. The van der Waals surface area contributed by atoms with Crippen molar-refractivity contribution in [2.75, 3.05) is 17.5 Å². The minimum atomic E-state index is -4.07. The average Bonchev–Trinajstić information content (AvgIpc) is 2.87. The van der Waals surface area contributed by atoms with Gasteiger partial charge in [0.05, 0.1) is 16.8 Å². The van der Waals surface area contributed by atoms with E-state index < -0.39 is 22.5 Å². The van der Waals surface area contributed by atoms with Crippen LogP contribution in [0.3, 0.4) is 0 Å². The molecule has 0 aliphatic carbocycles. The average molecular weight is 571 g/mol. The van der Waals surface area contributed by atoms with Gasteiger partial charge in [0.2, 0.25) is 0 Å². The Kier molecular flexibility index (Phi) is 10.1. The van der Waals surface area contributed by atoms with E-state index in [-0.39, 0.29) is 23.5 Å². The van der Waals surface area contributed by atoms with Gasteiger partial charge in [-0.05, 0) is 93.4 Å². The fourth-order valence-electron chi connectivity index (χ4n) is 3.54. The SMILES string of the molecule is Cc1ccc(S(=O)(=O)N(CC(=O)N/N=C\c2ccc(OCC(=O)NC(C)C)cc2)c2ccc(Cl)cc2C)cc1. The van der Waals surface area contributed by atoms with Gasteiger partial charge in [0, 0.05) is 11.1 Å². The highest BCUT2D eigenvalue weighted by molar-refractivity contribution is 7.92. The monoisotopic (exact) mass is 570 g/mol. The van der Waals surface area contributed by atoms with Crippen molar-refractivity contribution in [1.29, 1.82) is 0 Å². The lowest BCUT2D eigenvalue weighted by Gasteiger charge is -2.25. The van der Waals surface area contributed by atoms with Crippen LogP contribution in [0.25, 0.3) is 0 Å². The fraction of sp³-hybridized carbons (Fsp3) is 0.250. The molecule has 0 saturated heterocycles. The van der Waals surface area contributed by atoms with Crippen molar-refractivity contribution < 1.29 is 22.7 Å². The molecule has 0 radical (unpaired) electrons. The summed E-state index contributed by atoms with van der Waals surface area (Å²) in [7, 11) is -4.07. The molecule has 0 fully saturated rings. The number of carbonyl (C=O) groups excluding carboxylic acids is 2. The molecule has 3 rings (SSSR count). The van der Waals surface area contributed by atoms with Crippen LogP contribution >= 0.6 is 11.6 Å². The molecule has 0 unspecified atom stereocenters. The van der Waals surface area contributed by atoms with E-state index in [0.29, 0.717) is 27.6 Å².